The lowest BCUT2D eigenvalue weighted by Crippen LogP contribution is -2.33. The van der Waals surface area contributed by atoms with Crippen LogP contribution in [0.3, 0.4) is 0 Å². The first-order chi connectivity index (χ1) is 12.0. The van der Waals surface area contributed by atoms with Crippen LogP contribution >= 0.6 is 0 Å². The molecule has 132 valence electrons. The van der Waals surface area contributed by atoms with Crippen LogP contribution in [0.2, 0.25) is 0 Å². The van der Waals surface area contributed by atoms with Crippen molar-refractivity contribution >= 4 is 5.91 Å². The molecule has 3 rings (SSSR count). The Hall–Kier alpha value is -2.57. The summed E-state index contributed by atoms with van der Waals surface area (Å²) in [5.41, 5.74) is 3.90. The van der Waals surface area contributed by atoms with Crippen molar-refractivity contribution in [1.29, 1.82) is 0 Å². The van der Waals surface area contributed by atoms with Crippen molar-refractivity contribution in [1.82, 2.24) is 5.48 Å². The van der Waals surface area contributed by atoms with Gasteiger partial charge in [0, 0.05) is 11.6 Å². The number of nitrogens with one attached hydrogen (secondary N) is 1. The molecule has 2 N–H and O–H groups in total. The molecule has 6 heteroatoms. The summed E-state index contributed by atoms with van der Waals surface area (Å²) < 4.78 is 11.6. The van der Waals surface area contributed by atoms with E-state index in [2.05, 4.69) is 5.48 Å². The number of benzene rings is 2. The highest BCUT2D eigenvalue weighted by atomic mass is 16.6. The quantitative estimate of drug-likeness (QED) is 0.788. The maximum Gasteiger partial charge on any atom is 0.275 e. The highest BCUT2D eigenvalue weighted by molar-refractivity contribution is 5.97. The number of hydroxylamine groups is 1. The van der Waals surface area contributed by atoms with Gasteiger partial charge in [0.25, 0.3) is 5.91 Å². The smallest absolute Gasteiger partial charge is 0.275 e. The molecule has 0 aliphatic carbocycles. The fraction of sp³-hybridized carbons (Fsp3) is 0.316. The van der Waals surface area contributed by atoms with Crippen LogP contribution in [0, 0.1) is 0 Å². The van der Waals surface area contributed by atoms with Crippen molar-refractivity contribution in [2.24, 2.45) is 0 Å². The maximum absolute atomic E-state index is 12.3. The summed E-state index contributed by atoms with van der Waals surface area (Å²) in [6.45, 7) is 3.20. The fourth-order valence-corrected chi connectivity index (χ4v) is 3.06. The van der Waals surface area contributed by atoms with E-state index in [1.165, 1.54) is 19.2 Å². The maximum atomic E-state index is 12.3. The number of fused-ring (bicyclic) bond motifs is 1. The molecule has 1 aliphatic heterocycles. The van der Waals surface area contributed by atoms with E-state index >= 15 is 0 Å². The molecule has 6 nitrogen and oxygen atoms in total. The van der Waals surface area contributed by atoms with E-state index in [0.717, 1.165) is 5.56 Å². The third-order valence-corrected chi connectivity index (χ3v) is 4.21. The summed E-state index contributed by atoms with van der Waals surface area (Å²) in [4.78, 5) is 17.0. The standard InChI is InChI=1S/C19H21NO5/c1-19(11-24-10-13-6-4-3-5-7-13)12-25-16-9-14(21)8-15(17(16)19)18(22)20-23-2/h3-9,21H,10-12H2,1-2H3,(H,20,22)/t19-/m1/s1. The van der Waals surface area contributed by atoms with Gasteiger partial charge in [-0.3, -0.25) is 9.63 Å². The van der Waals surface area contributed by atoms with Crippen molar-refractivity contribution < 1.29 is 24.2 Å². The number of rotatable bonds is 6. The van der Waals surface area contributed by atoms with Gasteiger partial charge in [0.15, 0.2) is 0 Å². The first kappa shape index (κ1) is 17.3. The molecule has 0 radical (unpaired) electrons. The lowest BCUT2D eigenvalue weighted by atomic mass is 9.82. The van der Waals surface area contributed by atoms with Crippen LogP contribution < -0.4 is 10.2 Å². The predicted molar refractivity (Wildman–Crippen MR) is 91.5 cm³/mol. The zero-order chi connectivity index (χ0) is 17.9. The molecule has 2 aromatic rings. The van der Waals surface area contributed by atoms with Gasteiger partial charge < -0.3 is 14.6 Å². The molecule has 0 fully saturated rings. The number of amides is 1. The highest BCUT2D eigenvalue weighted by Crippen LogP contribution is 2.43. The lowest BCUT2D eigenvalue weighted by molar-refractivity contribution is 0.0525. The topological polar surface area (TPSA) is 77.0 Å². The first-order valence-corrected chi connectivity index (χ1v) is 7.99. The minimum Gasteiger partial charge on any atom is -0.508 e. The van der Waals surface area contributed by atoms with Gasteiger partial charge in [-0.25, -0.2) is 5.48 Å². The molecular weight excluding hydrogens is 322 g/mol. The zero-order valence-corrected chi connectivity index (χ0v) is 14.2. The average Bonchev–Trinajstić information content (AvgIpc) is 2.92. The number of aromatic hydroxyl groups is 1. The van der Waals surface area contributed by atoms with E-state index in [1.807, 2.05) is 37.3 Å². The third-order valence-electron chi connectivity index (χ3n) is 4.21. The second-order valence-electron chi connectivity index (χ2n) is 6.33. The van der Waals surface area contributed by atoms with E-state index in [1.54, 1.807) is 0 Å². The largest absolute Gasteiger partial charge is 0.508 e. The molecule has 1 aliphatic rings. The van der Waals surface area contributed by atoms with E-state index < -0.39 is 11.3 Å². The number of hydrogen-bond donors (Lipinski definition) is 2. The van der Waals surface area contributed by atoms with E-state index in [0.29, 0.717) is 36.7 Å². The molecule has 1 heterocycles. The van der Waals surface area contributed by atoms with Gasteiger partial charge in [-0.1, -0.05) is 30.3 Å². The second-order valence-corrected chi connectivity index (χ2v) is 6.33. The van der Waals surface area contributed by atoms with Crippen LogP contribution in [0.4, 0.5) is 0 Å². The Balaban J connectivity index is 1.82. The minimum atomic E-state index is -0.502. The minimum absolute atomic E-state index is 0.0329. The average molecular weight is 343 g/mol. The number of ether oxygens (including phenoxy) is 2. The van der Waals surface area contributed by atoms with Gasteiger partial charge in [0.1, 0.15) is 11.5 Å². The van der Waals surface area contributed by atoms with E-state index in [4.69, 9.17) is 14.3 Å². The Morgan fingerprint density at radius 3 is 2.80 bits per heavy atom. The molecule has 1 amide bonds. The molecule has 2 aromatic carbocycles. The van der Waals surface area contributed by atoms with Crippen LogP contribution in [0.15, 0.2) is 42.5 Å². The Kier molecular flexibility index (Phi) is 4.92. The molecule has 0 bridgehead atoms. The highest BCUT2D eigenvalue weighted by Gasteiger charge is 2.40. The summed E-state index contributed by atoms with van der Waals surface area (Å²) in [5.74, 6) is 0.0240. The fourth-order valence-electron chi connectivity index (χ4n) is 3.06. The van der Waals surface area contributed by atoms with Crippen molar-refractivity contribution in [2.45, 2.75) is 18.9 Å². The lowest BCUT2D eigenvalue weighted by Gasteiger charge is -2.24. The van der Waals surface area contributed by atoms with Crippen LogP contribution in [-0.2, 0) is 21.6 Å². The van der Waals surface area contributed by atoms with Gasteiger partial charge in [0.2, 0.25) is 0 Å². The van der Waals surface area contributed by atoms with Gasteiger partial charge in [-0.2, -0.15) is 0 Å². The molecule has 0 saturated heterocycles. The number of phenolic OH excluding ortho intramolecular Hbond substituents is 1. The summed E-state index contributed by atoms with van der Waals surface area (Å²) in [6, 6.07) is 12.8. The van der Waals surface area contributed by atoms with Gasteiger partial charge in [-0.15, -0.1) is 0 Å². The normalized spacial score (nSPS) is 18.5. The molecular formula is C19H21NO5. The molecule has 25 heavy (non-hydrogen) atoms. The molecule has 1 atom stereocenters. The Bertz CT molecular complexity index is 762. The summed E-state index contributed by atoms with van der Waals surface area (Å²) in [6.07, 6.45) is 0. The van der Waals surface area contributed by atoms with Gasteiger partial charge in [0.05, 0.1) is 37.9 Å². The van der Waals surface area contributed by atoms with Gasteiger partial charge >= 0.3 is 0 Å². The SMILES string of the molecule is CONC(=O)c1cc(O)cc2c1[C@](C)(COCc1ccccc1)CO2. The van der Waals surface area contributed by atoms with Gasteiger partial charge in [-0.05, 0) is 18.6 Å². The molecule has 0 spiro atoms. The number of carbonyl (C=O) groups excluding carboxylic acids is 1. The summed E-state index contributed by atoms with van der Waals surface area (Å²) >= 11 is 0. The Morgan fingerprint density at radius 1 is 1.32 bits per heavy atom. The van der Waals surface area contributed by atoms with Crippen LogP contribution in [0.25, 0.3) is 0 Å². The molecule has 0 aromatic heterocycles. The number of carbonyl (C=O) groups is 1. The zero-order valence-electron chi connectivity index (χ0n) is 14.2. The monoisotopic (exact) mass is 343 g/mol. The van der Waals surface area contributed by atoms with E-state index in [-0.39, 0.29) is 5.75 Å². The third kappa shape index (κ3) is 3.60. The summed E-state index contributed by atoms with van der Waals surface area (Å²) in [7, 11) is 1.36. The molecule has 0 saturated carbocycles. The van der Waals surface area contributed by atoms with Crippen molar-refractivity contribution in [3.05, 3.63) is 59.2 Å². The second kappa shape index (κ2) is 7.13. The van der Waals surface area contributed by atoms with Crippen molar-refractivity contribution in [3.8, 4) is 11.5 Å². The molecule has 0 unspecified atom stereocenters. The number of hydrogen-bond acceptors (Lipinski definition) is 5. The first-order valence-electron chi connectivity index (χ1n) is 7.99. The van der Waals surface area contributed by atoms with Crippen molar-refractivity contribution in [3.63, 3.8) is 0 Å². The van der Waals surface area contributed by atoms with Crippen LogP contribution in [0.5, 0.6) is 11.5 Å². The van der Waals surface area contributed by atoms with E-state index in [9.17, 15) is 9.90 Å². The Morgan fingerprint density at radius 2 is 2.08 bits per heavy atom. The number of phenols is 1. The van der Waals surface area contributed by atoms with Crippen LogP contribution in [-0.4, -0.2) is 31.3 Å². The predicted octanol–water partition coefficient (Wildman–Crippen LogP) is 2.55. The Labute approximate surface area is 146 Å². The van der Waals surface area contributed by atoms with Crippen molar-refractivity contribution in [2.75, 3.05) is 20.3 Å². The van der Waals surface area contributed by atoms with Crippen LogP contribution in [0.1, 0.15) is 28.4 Å². The summed E-state index contributed by atoms with van der Waals surface area (Å²) in [5, 5.41) is 9.86.